The number of halogens is 2. The maximum absolute atomic E-state index is 13.8. The van der Waals surface area contributed by atoms with E-state index in [0.29, 0.717) is 35.2 Å². The van der Waals surface area contributed by atoms with Gasteiger partial charge in [-0.2, -0.15) is 0 Å². The van der Waals surface area contributed by atoms with Gasteiger partial charge >= 0.3 is 0 Å². The van der Waals surface area contributed by atoms with E-state index < -0.39 is 5.82 Å². The summed E-state index contributed by atoms with van der Waals surface area (Å²) in [5.74, 6) is -0.778. The number of aryl methyl sites for hydroxylation is 1. The molecule has 9 heteroatoms. The number of carbonyl (C=O) groups is 1. The Hall–Kier alpha value is -2.97. The fourth-order valence-electron chi connectivity index (χ4n) is 2.96. The first-order valence-corrected chi connectivity index (χ1v) is 10.5. The number of hydrogen-bond donors (Lipinski definition) is 0. The first-order chi connectivity index (χ1) is 14.6. The average molecular weight is 445 g/mol. The molecule has 30 heavy (non-hydrogen) atoms. The second-order valence-electron chi connectivity index (χ2n) is 6.50. The van der Waals surface area contributed by atoms with Crippen molar-refractivity contribution in [3.05, 3.63) is 72.0 Å². The summed E-state index contributed by atoms with van der Waals surface area (Å²) >= 11 is 7.63. The van der Waals surface area contributed by atoms with Gasteiger partial charge in [0, 0.05) is 25.5 Å². The topological polar surface area (TPSA) is 60.2 Å². The molecule has 2 heterocycles. The second kappa shape index (κ2) is 9.23. The number of para-hydroxylation sites is 2. The van der Waals surface area contributed by atoms with E-state index in [1.807, 2.05) is 22.9 Å². The molecule has 0 aliphatic heterocycles. The first kappa shape index (κ1) is 20.3. The predicted molar refractivity (Wildman–Crippen MR) is 116 cm³/mol. The molecule has 0 bridgehead atoms. The number of imidazole rings is 1. The number of carbonyl (C=O) groups excluding carboxylic acids is 1. The van der Waals surface area contributed by atoms with Gasteiger partial charge in [0.25, 0.3) is 5.91 Å². The van der Waals surface area contributed by atoms with Crippen LogP contribution in [0, 0.1) is 5.82 Å². The summed E-state index contributed by atoms with van der Waals surface area (Å²) in [7, 11) is 0. The van der Waals surface area contributed by atoms with Gasteiger partial charge in [-0.05, 0) is 30.7 Å². The third-order valence-electron chi connectivity index (χ3n) is 4.44. The Morgan fingerprint density at radius 3 is 2.87 bits per heavy atom. The summed E-state index contributed by atoms with van der Waals surface area (Å²) in [4.78, 5) is 23.1. The lowest BCUT2D eigenvalue weighted by molar-refractivity contribution is -0.120. The lowest BCUT2D eigenvalue weighted by atomic mass is 10.3. The van der Waals surface area contributed by atoms with Crippen molar-refractivity contribution < 1.29 is 13.9 Å². The van der Waals surface area contributed by atoms with Crippen molar-refractivity contribution in [2.45, 2.75) is 13.0 Å². The zero-order valence-electron chi connectivity index (χ0n) is 15.9. The second-order valence-corrected chi connectivity index (χ2v) is 7.92. The Bertz CT molecular complexity index is 1150. The highest BCUT2D eigenvalue weighted by molar-refractivity contribution is 7.22. The lowest BCUT2D eigenvalue weighted by Gasteiger charge is -2.20. The number of nitrogens with zero attached hydrogens (tertiary/aromatic N) is 4. The molecule has 0 atom stereocenters. The molecular formula is C21H18ClFN4O2S. The molecule has 0 saturated carbocycles. The van der Waals surface area contributed by atoms with E-state index in [0.717, 1.165) is 4.70 Å². The van der Waals surface area contributed by atoms with Crippen LogP contribution in [0.1, 0.15) is 6.42 Å². The summed E-state index contributed by atoms with van der Waals surface area (Å²) in [6.45, 7) is 0.828. The van der Waals surface area contributed by atoms with Crippen molar-refractivity contribution in [1.29, 1.82) is 0 Å². The third kappa shape index (κ3) is 4.60. The maximum atomic E-state index is 13.8. The van der Waals surface area contributed by atoms with Crippen molar-refractivity contribution in [2.75, 3.05) is 18.1 Å². The van der Waals surface area contributed by atoms with E-state index >= 15 is 0 Å². The summed E-state index contributed by atoms with van der Waals surface area (Å²) in [5.41, 5.74) is 0.654. The minimum absolute atomic E-state index is 0.0385. The molecule has 0 spiro atoms. The van der Waals surface area contributed by atoms with Crippen molar-refractivity contribution in [3.63, 3.8) is 0 Å². The Morgan fingerprint density at radius 1 is 1.23 bits per heavy atom. The van der Waals surface area contributed by atoms with Crippen LogP contribution in [0.4, 0.5) is 9.52 Å². The average Bonchev–Trinajstić information content (AvgIpc) is 3.41. The van der Waals surface area contributed by atoms with Crippen molar-refractivity contribution in [1.82, 2.24) is 14.5 Å². The number of aromatic nitrogens is 3. The van der Waals surface area contributed by atoms with Gasteiger partial charge in [0.2, 0.25) is 0 Å². The zero-order chi connectivity index (χ0) is 20.9. The molecule has 0 aliphatic carbocycles. The Morgan fingerprint density at radius 2 is 2.10 bits per heavy atom. The van der Waals surface area contributed by atoms with Crippen molar-refractivity contribution in [3.8, 4) is 5.75 Å². The summed E-state index contributed by atoms with van der Waals surface area (Å²) in [5, 5.41) is 1.06. The Kier molecular flexibility index (Phi) is 6.25. The number of benzene rings is 2. The summed E-state index contributed by atoms with van der Waals surface area (Å²) in [6.07, 6.45) is 5.99. The minimum atomic E-state index is -0.510. The maximum Gasteiger partial charge on any atom is 0.266 e. The normalized spacial score (nSPS) is 11.0. The van der Waals surface area contributed by atoms with Crippen LogP contribution in [-0.4, -0.2) is 33.6 Å². The molecule has 0 saturated heterocycles. The Labute approximate surface area is 181 Å². The molecule has 0 fully saturated rings. The fourth-order valence-corrected chi connectivity index (χ4v) is 4.26. The van der Waals surface area contributed by atoms with Gasteiger partial charge < -0.3 is 9.30 Å². The predicted octanol–water partition coefficient (Wildman–Crippen LogP) is 4.79. The first-order valence-electron chi connectivity index (χ1n) is 9.30. The van der Waals surface area contributed by atoms with Gasteiger partial charge in [-0.15, -0.1) is 0 Å². The van der Waals surface area contributed by atoms with E-state index in [1.165, 1.54) is 23.5 Å². The number of thiazole rings is 1. The van der Waals surface area contributed by atoms with Crippen LogP contribution in [0.3, 0.4) is 0 Å². The van der Waals surface area contributed by atoms with Gasteiger partial charge in [0.15, 0.2) is 23.3 Å². The van der Waals surface area contributed by atoms with E-state index in [4.69, 9.17) is 16.3 Å². The monoisotopic (exact) mass is 444 g/mol. The molecule has 2 aromatic heterocycles. The van der Waals surface area contributed by atoms with Gasteiger partial charge in [-0.25, -0.2) is 14.4 Å². The Balaban J connectivity index is 1.53. The highest BCUT2D eigenvalue weighted by Gasteiger charge is 2.21. The lowest BCUT2D eigenvalue weighted by Crippen LogP contribution is -2.36. The number of rotatable bonds is 8. The standard InChI is InChI=1S/C21H18ClFN4O2S/c22-15-5-3-8-18-20(15)25-21(30-18)27(11-4-10-26-12-9-24-14-26)19(28)13-29-17-7-2-1-6-16(17)23/h1-3,5-9,12,14H,4,10-11,13H2. The largest absolute Gasteiger partial charge is 0.481 e. The van der Waals surface area contributed by atoms with Crippen LogP contribution in [-0.2, 0) is 11.3 Å². The molecule has 0 radical (unpaired) electrons. The van der Waals surface area contributed by atoms with Crippen LogP contribution in [0.5, 0.6) is 5.75 Å². The number of anilines is 1. The van der Waals surface area contributed by atoms with E-state index in [-0.39, 0.29) is 18.3 Å². The molecule has 4 aromatic rings. The van der Waals surface area contributed by atoms with Crippen LogP contribution < -0.4 is 9.64 Å². The van der Waals surface area contributed by atoms with Gasteiger partial charge in [-0.3, -0.25) is 9.69 Å². The number of fused-ring (bicyclic) bond motifs is 1. The molecule has 6 nitrogen and oxygen atoms in total. The van der Waals surface area contributed by atoms with Gasteiger partial charge in [0.05, 0.1) is 16.0 Å². The molecule has 154 valence electrons. The number of hydrogen-bond acceptors (Lipinski definition) is 5. The third-order valence-corrected chi connectivity index (χ3v) is 5.78. The zero-order valence-corrected chi connectivity index (χ0v) is 17.4. The summed E-state index contributed by atoms with van der Waals surface area (Å²) in [6, 6.07) is 11.5. The van der Waals surface area contributed by atoms with E-state index in [2.05, 4.69) is 9.97 Å². The number of amides is 1. The molecular weight excluding hydrogens is 427 g/mol. The molecule has 4 rings (SSSR count). The molecule has 0 unspecified atom stereocenters. The minimum Gasteiger partial charge on any atom is -0.481 e. The van der Waals surface area contributed by atoms with Crippen LogP contribution in [0.15, 0.2) is 61.2 Å². The van der Waals surface area contributed by atoms with Crippen LogP contribution in [0.2, 0.25) is 5.02 Å². The quantitative estimate of drug-likeness (QED) is 0.392. The highest BCUT2D eigenvalue weighted by atomic mass is 35.5. The molecule has 0 aliphatic rings. The smallest absolute Gasteiger partial charge is 0.266 e. The van der Waals surface area contributed by atoms with Crippen molar-refractivity contribution >= 4 is 44.2 Å². The number of ether oxygens (including phenoxy) is 1. The van der Waals surface area contributed by atoms with E-state index in [1.54, 1.807) is 35.6 Å². The molecule has 2 aromatic carbocycles. The molecule has 1 amide bonds. The van der Waals surface area contributed by atoms with Gasteiger partial charge in [0.1, 0.15) is 5.52 Å². The van der Waals surface area contributed by atoms with Gasteiger partial charge in [-0.1, -0.05) is 41.1 Å². The SMILES string of the molecule is O=C(COc1ccccc1F)N(CCCn1ccnc1)c1nc2c(Cl)cccc2s1. The van der Waals surface area contributed by atoms with Crippen LogP contribution >= 0.6 is 22.9 Å². The van der Waals surface area contributed by atoms with E-state index in [9.17, 15) is 9.18 Å². The fraction of sp³-hybridized carbons (Fsp3) is 0.190. The molecule has 0 N–H and O–H groups in total. The van der Waals surface area contributed by atoms with Crippen molar-refractivity contribution in [2.24, 2.45) is 0 Å². The van der Waals surface area contributed by atoms with Crippen LogP contribution in [0.25, 0.3) is 10.2 Å². The summed E-state index contributed by atoms with van der Waals surface area (Å²) < 4.78 is 22.1. The highest BCUT2D eigenvalue weighted by Crippen LogP contribution is 2.33.